The monoisotopic (exact) mass is 462 g/mol. The summed E-state index contributed by atoms with van der Waals surface area (Å²) in [5.41, 5.74) is -1.21. The molecule has 0 radical (unpaired) electrons. The second-order valence-corrected chi connectivity index (χ2v) is 10.0. The van der Waals surface area contributed by atoms with E-state index in [-0.39, 0.29) is 33.9 Å². The van der Waals surface area contributed by atoms with E-state index in [0.717, 1.165) is 9.80 Å². The van der Waals surface area contributed by atoms with E-state index in [0.29, 0.717) is 0 Å². The molecule has 4 rings (SSSR count). The van der Waals surface area contributed by atoms with Crippen molar-refractivity contribution in [3.63, 3.8) is 0 Å². The van der Waals surface area contributed by atoms with Crippen LogP contribution in [-0.2, 0) is 9.47 Å². The number of Topliss-reactive ketones (excluding diaryl/α,β-unsaturated/α-hetero) is 2. The maximum Gasteiger partial charge on any atom is 0.419 e. The molecule has 0 aliphatic carbocycles. The standard InChI is InChI=1S/C26H26N2O6/c1-25(2,3)33-23(31)27-17-13-9-7-11-15(17)21(29)19(27)20-22(30)16-12-8-10-14-18(16)28(20)24(32)34-26(4,5)6/h7-14H,1-6H3/b20-19-. The molecule has 0 spiro atoms. The molecule has 2 aromatic carbocycles. The third-order valence-electron chi connectivity index (χ3n) is 5.03. The first-order chi connectivity index (χ1) is 15.8. The first-order valence-corrected chi connectivity index (χ1v) is 10.9. The van der Waals surface area contributed by atoms with Crippen LogP contribution < -0.4 is 9.80 Å². The summed E-state index contributed by atoms with van der Waals surface area (Å²) in [7, 11) is 0. The summed E-state index contributed by atoms with van der Waals surface area (Å²) in [4.78, 5) is 55.9. The number of carbonyl (C=O) groups excluding carboxylic acids is 4. The number of allylic oxidation sites excluding steroid dienone is 2. The van der Waals surface area contributed by atoms with Gasteiger partial charge in [-0.15, -0.1) is 0 Å². The van der Waals surface area contributed by atoms with Crippen molar-refractivity contribution < 1.29 is 28.7 Å². The number of anilines is 2. The summed E-state index contributed by atoms with van der Waals surface area (Å²) in [5.74, 6) is -1.13. The summed E-state index contributed by atoms with van der Waals surface area (Å²) < 4.78 is 11.1. The second-order valence-electron chi connectivity index (χ2n) is 10.0. The third-order valence-corrected chi connectivity index (χ3v) is 5.03. The van der Waals surface area contributed by atoms with Crippen molar-refractivity contribution in [2.24, 2.45) is 0 Å². The fourth-order valence-corrected chi connectivity index (χ4v) is 3.84. The van der Waals surface area contributed by atoms with Crippen LogP contribution in [0.15, 0.2) is 59.9 Å². The largest absolute Gasteiger partial charge is 0.443 e. The van der Waals surface area contributed by atoms with Crippen LogP contribution >= 0.6 is 0 Å². The molecule has 0 fully saturated rings. The zero-order valence-corrected chi connectivity index (χ0v) is 20.0. The lowest BCUT2D eigenvalue weighted by Crippen LogP contribution is -2.40. The van der Waals surface area contributed by atoms with E-state index < -0.39 is 35.0 Å². The van der Waals surface area contributed by atoms with E-state index in [1.54, 1.807) is 90.1 Å². The summed E-state index contributed by atoms with van der Waals surface area (Å²) >= 11 is 0. The molecule has 34 heavy (non-hydrogen) atoms. The van der Waals surface area contributed by atoms with Crippen molar-refractivity contribution in [2.75, 3.05) is 9.80 Å². The Bertz CT molecular complexity index is 1170. The molecule has 2 aliphatic heterocycles. The van der Waals surface area contributed by atoms with Gasteiger partial charge in [0.25, 0.3) is 0 Å². The van der Waals surface area contributed by atoms with Crippen molar-refractivity contribution in [2.45, 2.75) is 52.7 Å². The predicted octanol–water partition coefficient (Wildman–Crippen LogP) is 5.47. The lowest BCUT2D eigenvalue weighted by molar-refractivity contribution is 0.0571. The quantitative estimate of drug-likeness (QED) is 0.482. The highest BCUT2D eigenvalue weighted by molar-refractivity contribution is 6.33. The molecule has 2 aromatic rings. The number of hydrogen-bond acceptors (Lipinski definition) is 6. The van der Waals surface area contributed by atoms with Gasteiger partial charge in [0.15, 0.2) is 0 Å². The van der Waals surface area contributed by atoms with E-state index >= 15 is 0 Å². The number of amides is 2. The van der Waals surface area contributed by atoms with Crippen LogP contribution in [0.3, 0.4) is 0 Å². The Kier molecular flexibility index (Phi) is 5.35. The summed E-state index contributed by atoms with van der Waals surface area (Å²) in [5, 5.41) is 0. The number of ether oxygens (including phenoxy) is 2. The van der Waals surface area contributed by atoms with E-state index in [1.165, 1.54) is 0 Å². The smallest absolute Gasteiger partial charge is 0.419 e. The van der Waals surface area contributed by atoms with Gasteiger partial charge in [-0.1, -0.05) is 24.3 Å². The Morgan fingerprint density at radius 1 is 0.618 bits per heavy atom. The number of fused-ring (bicyclic) bond motifs is 2. The molecular weight excluding hydrogens is 436 g/mol. The van der Waals surface area contributed by atoms with Crippen molar-refractivity contribution in [3.8, 4) is 0 Å². The van der Waals surface area contributed by atoms with Gasteiger partial charge in [-0.3, -0.25) is 9.59 Å². The molecule has 0 N–H and O–H groups in total. The second kappa shape index (κ2) is 7.83. The Labute approximate surface area is 197 Å². The molecule has 176 valence electrons. The third kappa shape index (κ3) is 3.96. The average Bonchev–Trinajstić information content (AvgIpc) is 3.17. The SMILES string of the molecule is CC(C)(C)OC(=O)N1/C(=C2/C(=O)c3ccccc3N2C(=O)OC(C)(C)C)C(=O)c2ccccc21. The van der Waals surface area contributed by atoms with Gasteiger partial charge in [-0.25, -0.2) is 19.4 Å². The number of benzene rings is 2. The fourth-order valence-electron chi connectivity index (χ4n) is 3.84. The number of rotatable bonds is 0. The molecule has 2 aliphatic rings. The van der Waals surface area contributed by atoms with E-state index in [9.17, 15) is 19.2 Å². The van der Waals surface area contributed by atoms with E-state index in [1.807, 2.05) is 0 Å². The summed E-state index contributed by atoms with van der Waals surface area (Å²) in [6.45, 7) is 10.2. The van der Waals surface area contributed by atoms with Gasteiger partial charge >= 0.3 is 12.2 Å². The number of ketones is 2. The molecule has 0 unspecified atom stereocenters. The topological polar surface area (TPSA) is 93.2 Å². The van der Waals surface area contributed by atoms with Crippen LogP contribution in [0.2, 0.25) is 0 Å². The molecular formula is C26H26N2O6. The van der Waals surface area contributed by atoms with Gasteiger partial charge in [-0.2, -0.15) is 0 Å². The Balaban J connectivity index is 1.97. The maximum absolute atomic E-state index is 13.6. The van der Waals surface area contributed by atoms with E-state index in [2.05, 4.69) is 0 Å². The first-order valence-electron chi connectivity index (χ1n) is 10.9. The molecule has 8 nitrogen and oxygen atoms in total. The summed E-state index contributed by atoms with van der Waals surface area (Å²) in [6, 6.07) is 13.0. The lowest BCUT2D eigenvalue weighted by atomic mass is 10.1. The van der Waals surface area contributed by atoms with Crippen LogP contribution in [0.5, 0.6) is 0 Å². The zero-order chi connectivity index (χ0) is 25.0. The molecule has 0 bridgehead atoms. The first kappa shape index (κ1) is 23.2. The molecule has 0 atom stereocenters. The maximum atomic E-state index is 13.6. The van der Waals surface area contributed by atoms with Crippen LogP contribution in [-0.4, -0.2) is 35.0 Å². The Morgan fingerprint density at radius 3 is 1.26 bits per heavy atom. The molecule has 0 saturated carbocycles. The highest BCUT2D eigenvalue weighted by atomic mass is 16.6. The molecule has 8 heteroatoms. The van der Waals surface area contributed by atoms with Crippen LogP contribution in [0.1, 0.15) is 62.3 Å². The van der Waals surface area contributed by atoms with Crippen molar-refractivity contribution in [1.82, 2.24) is 0 Å². The minimum atomic E-state index is -0.860. The number of hydrogen-bond donors (Lipinski definition) is 0. The number of nitrogens with zero attached hydrogens (tertiary/aromatic N) is 2. The van der Waals surface area contributed by atoms with Crippen LogP contribution in [0.4, 0.5) is 21.0 Å². The highest BCUT2D eigenvalue weighted by Gasteiger charge is 2.48. The predicted molar refractivity (Wildman–Crippen MR) is 126 cm³/mol. The minimum absolute atomic E-state index is 0.226. The van der Waals surface area contributed by atoms with Crippen molar-refractivity contribution in [3.05, 3.63) is 71.1 Å². The Hall–Kier alpha value is -3.94. The van der Waals surface area contributed by atoms with Crippen LogP contribution in [0.25, 0.3) is 0 Å². The van der Waals surface area contributed by atoms with Gasteiger partial charge in [0.1, 0.15) is 22.6 Å². The molecule has 0 aromatic heterocycles. The zero-order valence-electron chi connectivity index (χ0n) is 20.0. The highest BCUT2D eigenvalue weighted by Crippen LogP contribution is 2.43. The van der Waals surface area contributed by atoms with Crippen molar-refractivity contribution in [1.29, 1.82) is 0 Å². The number of carbonyl (C=O) groups is 4. The molecule has 0 saturated heterocycles. The van der Waals surface area contributed by atoms with E-state index in [4.69, 9.17) is 9.47 Å². The van der Waals surface area contributed by atoms with Crippen LogP contribution in [0, 0.1) is 0 Å². The van der Waals surface area contributed by atoms with Crippen molar-refractivity contribution >= 4 is 35.1 Å². The van der Waals surface area contributed by atoms with Gasteiger partial charge in [0.2, 0.25) is 11.6 Å². The normalized spacial score (nSPS) is 17.6. The molecule has 2 amide bonds. The lowest BCUT2D eigenvalue weighted by Gasteiger charge is -2.28. The van der Waals surface area contributed by atoms with Gasteiger partial charge in [0.05, 0.1) is 11.4 Å². The Morgan fingerprint density at radius 2 is 0.941 bits per heavy atom. The number of para-hydroxylation sites is 2. The van der Waals surface area contributed by atoms with Gasteiger partial charge < -0.3 is 9.47 Å². The molecule has 2 heterocycles. The van der Waals surface area contributed by atoms with Gasteiger partial charge in [-0.05, 0) is 65.8 Å². The van der Waals surface area contributed by atoms with Gasteiger partial charge in [0, 0.05) is 11.1 Å². The fraction of sp³-hybridized carbons (Fsp3) is 0.308. The minimum Gasteiger partial charge on any atom is -0.443 e. The average molecular weight is 463 g/mol. The summed E-state index contributed by atoms with van der Waals surface area (Å²) in [6.07, 6.45) is -1.66.